The van der Waals surface area contributed by atoms with Crippen LogP contribution < -0.4 is 5.32 Å². The van der Waals surface area contributed by atoms with Crippen molar-refractivity contribution in [3.8, 4) is 0 Å². The number of benzene rings is 1. The first-order valence-electron chi connectivity index (χ1n) is 7.69. The molecule has 3 nitrogen and oxygen atoms in total. The van der Waals surface area contributed by atoms with Gasteiger partial charge >= 0.3 is 0 Å². The molecule has 1 aromatic rings. The van der Waals surface area contributed by atoms with Gasteiger partial charge < -0.3 is 10.1 Å². The molecule has 3 heteroatoms. The second-order valence-corrected chi connectivity index (χ2v) is 6.19. The van der Waals surface area contributed by atoms with Crippen LogP contribution in [-0.4, -0.2) is 18.6 Å². The number of hydrogen-bond acceptors (Lipinski definition) is 2. The van der Waals surface area contributed by atoms with Crippen LogP contribution in [-0.2, 0) is 9.53 Å². The van der Waals surface area contributed by atoms with E-state index in [9.17, 15) is 4.79 Å². The molecule has 2 aliphatic heterocycles. The zero-order valence-electron chi connectivity index (χ0n) is 12.1. The van der Waals surface area contributed by atoms with Crippen LogP contribution in [0, 0.1) is 5.41 Å². The van der Waals surface area contributed by atoms with E-state index in [2.05, 4.69) is 36.5 Å². The predicted octanol–water partition coefficient (Wildman–Crippen LogP) is 3.21. The van der Waals surface area contributed by atoms with Crippen molar-refractivity contribution in [3.63, 3.8) is 0 Å². The van der Waals surface area contributed by atoms with Gasteiger partial charge in [-0.2, -0.15) is 0 Å². The predicted molar refractivity (Wildman–Crippen MR) is 78.3 cm³/mol. The van der Waals surface area contributed by atoms with E-state index in [1.165, 1.54) is 5.56 Å². The lowest BCUT2D eigenvalue weighted by Crippen LogP contribution is -2.39. The van der Waals surface area contributed by atoms with Gasteiger partial charge in [0.25, 0.3) is 0 Å². The zero-order chi connectivity index (χ0) is 14.0. The highest BCUT2D eigenvalue weighted by atomic mass is 16.5. The monoisotopic (exact) mass is 273 g/mol. The van der Waals surface area contributed by atoms with Gasteiger partial charge in [-0.1, -0.05) is 43.7 Å². The van der Waals surface area contributed by atoms with Crippen molar-refractivity contribution < 1.29 is 9.53 Å². The van der Waals surface area contributed by atoms with Crippen LogP contribution in [0.2, 0.25) is 0 Å². The van der Waals surface area contributed by atoms with Crippen molar-refractivity contribution in [2.75, 3.05) is 6.61 Å². The van der Waals surface area contributed by atoms with Crippen molar-refractivity contribution in [2.24, 2.45) is 5.41 Å². The van der Waals surface area contributed by atoms with Gasteiger partial charge in [0.05, 0.1) is 12.1 Å². The quantitative estimate of drug-likeness (QED) is 0.918. The number of rotatable bonds is 3. The van der Waals surface area contributed by atoms with Crippen molar-refractivity contribution in [3.05, 3.63) is 35.9 Å². The lowest BCUT2D eigenvalue weighted by Gasteiger charge is -2.41. The van der Waals surface area contributed by atoms with Gasteiger partial charge in [0.15, 0.2) is 0 Å². The molecule has 108 valence electrons. The Morgan fingerprint density at radius 2 is 2.15 bits per heavy atom. The topological polar surface area (TPSA) is 38.3 Å². The maximum absolute atomic E-state index is 12.0. The van der Waals surface area contributed by atoms with Crippen molar-refractivity contribution in [1.82, 2.24) is 5.32 Å². The summed E-state index contributed by atoms with van der Waals surface area (Å²) in [6.07, 6.45) is 5.17. The number of hydrogen-bond donors (Lipinski definition) is 1. The van der Waals surface area contributed by atoms with E-state index in [-0.39, 0.29) is 17.4 Å². The lowest BCUT2D eigenvalue weighted by molar-refractivity contribution is -0.120. The molecule has 0 saturated carbocycles. The van der Waals surface area contributed by atoms with Crippen molar-refractivity contribution in [1.29, 1.82) is 0 Å². The first-order chi connectivity index (χ1) is 9.73. The van der Waals surface area contributed by atoms with Gasteiger partial charge in [-0.05, 0) is 24.8 Å². The molecule has 0 aliphatic carbocycles. The normalized spacial score (nSPS) is 33.4. The smallest absolute Gasteiger partial charge is 0.221 e. The number of amides is 1. The summed E-state index contributed by atoms with van der Waals surface area (Å²) < 4.78 is 5.89. The number of nitrogens with one attached hydrogen (secondary N) is 1. The molecule has 20 heavy (non-hydrogen) atoms. The summed E-state index contributed by atoms with van der Waals surface area (Å²) in [5, 5.41) is 3.20. The third-order valence-electron chi connectivity index (χ3n) is 4.76. The van der Waals surface area contributed by atoms with Gasteiger partial charge in [0, 0.05) is 18.4 Å². The number of carbonyl (C=O) groups excluding carboxylic acids is 1. The minimum absolute atomic E-state index is 0.0521. The molecule has 1 N–H and O–H groups in total. The molecule has 2 aliphatic rings. The first-order valence-corrected chi connectivity index (χ1v) is 7.69. The summed E-state index contributed by atoms with van der Waals surface area (Å²) in [5.74, 6) is 0.191. The molecule has 2 heterocycles. The average molecular weight is 273 g/mol. The Labute approximate surface area is 120 Å². The standard InChI is InChI=1S/C17H23NO2/c1-2-6-14-11-17(9-10-20-14)12-15(19)18-16(17)13-7-4-3-5-8-13/h3-5,7-8,14,16H,2,6,9-12H2,1H3,(H,18,19). The highest BCUT2D eigenvalue weighted by Crippen LogP contribution is 2.50. The maximum Gasteiger partial charge on any atom is 0.221 e. The molecule has 1 aromatic carbocycles. The third kappa shape index (κ3) is 2.47. The summed E-state index contributed by atoms with van der Waals surface area (Å²) >= 11 is 0. The molecule has 3 rings (SSSR count). The molecule has 2 fully saturated rings. The van der Waals surface area contributed by atoms with E-state index in [0.29, 0.717) is 12.5 Å². The molecule has 3 atom stereocenters. The van der Waals surface area contributed by atoms with E-state index in [1.54, 1.807) is 0 Å². The summed E-state index contributed by atoms with van der Waals surface area (Å²) in [6.45, 7) is 2.97. The molecule has 1 spiro atoms. The van der Waals surface area contributed by atoms with Crippen molar-refractivity contribution >= 4 is 5.91 Å². The van der Waals surface area contributed by atoms with E-state index in [4.69, 9.17) is 4.74 Å². The van der Waals surface area contributed by atoms with Gasteiger partial charge in [-0.25, -0.2) is 0 Å². The van der Waals surface area contributed by atoms with E-state index in [0.717, 1.165) is 32.3 Å². The summed E-state index contributed by atoms with van der Waals surface area (Å²) in [7, 11) is 0. The lowest BCUT2D eigenvalue weighted by atomic mass is 9.69. The fraction of sp³-hybridized carbons (Fsp3) is 0.588. The Morgan fingerprint density at radius 1 is 1.35 bits per heavy atom. The Bertz CT molecular complexity index is 471. The minimum Gasteiger partial charge on any atom is -0.378 e. The molecular formula is C17H23NO2. The molecule has 0 bridgehead atoms. The number of carbonyl (C=O) groups is 1. The van der Waals surface area contributed by atoms with E-state index in [1.807, 2.05) is 6.07 Å². The fourth-order valence-corrected chi connectivity index (χ4v) is 3.84. The van der Waals surface area contributed by atoms with Crippen molar-refractivity contribution in [2.45, 2.75) is 51.2 Å². The summed E-state index contributed by atoms with van der Waals surface area (Å²) in [4.78, 5) is 12.0. The van der Waals surface area contributed by atoms with Crippen LogP contribution in [0.25, 0.3) is 0 Å². The Morgan fingerprint density at radius 3 is 2.90 bits per heavy atom. The SMILES string of the molecule is CCCC1CC2(CCO1)CC(=O)NC2c1ccccc1. The fourth-order valence-electron chi connectivity index (χ4n) is 3.84. The Hall–Kier alpha value is -1.35. The second-order valence-electron chi connectivity index (χ2n) is 6.19. The average Bonchev–Trinajstić information content (AvgIpc) is 2.76. The summed E-state index contributed by atoms with van der Waals surface area (Å²) in [5.41, 5.74) is 1.28. The maximum atomic E-state index is 12.0. The number of ether oxygens (including phenoxy) is 1. The van der Waals surface area contributed by atoms with Crippen LogP contribution in [0.1, 0.15) is 50.6 Å². The zero-order valence-corrected chi connectivity index (χ0v) is 12.1. The van der Waals surface area contributed by atoms with Crippen LogP contribution in [0.4, 0.5) is 0 Å². The third-order valence-corrected chi connectivity index (χ3v) is 4.76. The Kier molecular flexibility index (Phi) is 3.79. The van der Waals surface area contributed by atoms with E-state index >= 15 is 0 Å². The van der Waals surface area contributed by atoms with Gasteiger partial charge in [0.2, 0.25) is 5.91 Å². The highest BCUT2D eigenvalue weighted by Gasteiger charge is 2.50. The first kappa shape index (κ1) is 13.6. The van der Waals surface area contributed by atoms with Crippen LogP contribution >= 0.6 is 0 Å². The molecule has 1 amide bonds. The Balaban J connectivity index is 1.87. The van der Waals surface area contributed by atoms with Crippen LogP contribution in [0.15, 0.2) is 30.3 Å². The van der Waals surface area contributed by atoms with Crippen LogP contribution in [0.5, 0.6) is 0 Å². The molecule has 0 aromatic heterocycles. The van der Waals surface area contributed by atoms with Gasteiger partial charge in [0.1, 0.15) is 0 Å². The van der Waals surface area contributed by atoms with Gasteiger partial charge in [-0.3, -0.25) is 4.79 Å². The molecular weight excluding hydrogens is 250 g/mol. The largest absolute Gasteiger partial charge is 0.378 e. The molecule has 3 unspecified atom stereocenters. The van der Waals surface area contributed by atoms with E-state index < -0.39 is 0 Å². The highest BCUT2D eigenvalue weighted by molar-refractivity contribution is 5.80. The van der Waals surface area contributed by atoms with Gasteiger partial charge in [-0.15, -0.1) is 0 Å². The minimum atomic E-state index is 0.0521. The second kappa shape index (κ2) is 5.57. The molecule has 2 saturated heterocycles. The molecule has 0 radical (unpaired) electrons. The van der Waals surface area contributed by atoms with Crippen LogP contribution in [0.3, 0.4) is 0 Å². The summed E-state index contributed by atoms with van der Waals surface area (Å²) in [6, 6.07) is 10.5.